The molecule has 0 spiro atoms. The zero-order valence-corrected chi connectivity index (χ0v) is 20.8. The van der Waals surface area contributed by atoms with Crippen molar-refractivity contribution in [3.63, 3.8) is 0 Å². The van der Waals surface area contributed by atoms with E-state index in [9.17, 15) is 19.5 Å². The van der Waals surface area contributed by atoms with Gasteiger partial charge in [0.05, 0.1) is 6.04 Å². The van der Waals surface area contributed by atoms with Gasteiger partial charge in [-0.15, -0.1) is 0 Å². The smallest absolute Gasteiger partial charge is 0.291 e. The lowest BCUT2D eigenvalue weighted by atomic mass is 9.86. The average molecular weight is 507 g/mol. The number of aryl methyl sites for hydroxylation is 1. The number of amides is 1. The number of carbonyl (C=O) groups is 3. The molecule has 38 heavy (non-hydrogen) atoms. The van der Waals surface area contributed by atoms with Gasteiger partial charge in [-0.1, -0.05) is 36.4 Å². The van der Waals surface area contributed by atoms with Gasteiger partial charge in [0.2, 0.25) is 5.78 Å². The van der Waals surface area contributed by atoms with Crippen LogP contribution in [0.5, 0.6) is 11.5 Å². The van der Waals surface area contributed by atoms with Crippen molar-refractivity contribution in [3.8, 4) is 11.5 Å². The van der Waals surface area contributed by atoms with Crippen molar-refractivity contribution in [3.05, 3.63) is 125 Å². The van der Waals surface area contributed by atoms with Gasteiger partial charge < -0.3 is 14.7 Å². The summed E-state index contributed by atoms with van der Waals surface area (Å²) in [5.74, 6) is -2.63. The number of nitrogens with zero attached hydrogens (tertiary/aromatic N) is 2. The molecule has 5 rings (SSSR count). The largest absolute Gasteiger partial charge is 0.508 e. The van der Waals surface area contributed by atoms with Crippen molar-refractivity contribution in [2.45, 2.75) is 26.1 Å². The normalized spacial score (nSPS) is 17.0. The second-order valence-electron chi connectivity index (χ2n) is 9.27. The van der Waals surface area contributed by atoms with Crippen LogP contribution in [0.4, 0.5) is 0 Å². The van der Waals surface area contributed by atoms with Crippen molar-refractivity contribution in [1.29, 1.82) is 0 Å². The first-order valence-corrected chi connectivity index (χ1v) is 12.3. The number of benzene rings is 3. The molecule has 1 amide bonds. The van der Waals surface area contributed by atoms with Gasteiger partial charge in [0, 0.05) is 24.5 Å². The molecular weight excluding hydrogens is 480 g/mol. The van der Waals surface area contributed by atoms with Crippen LogP contribution >= 0.6 is 0 Å². The minimum atomic E-state index is -1.25. The molecule has 0 unspecified atom stereocenters. The van der Waals surface area contributed by atoms with Gasteiger partial charge in [-0.05, 0) is 77.7 Å². The van der Waals surface area contributed by atoms with Crippen LogP contribution in [-0.4, -0.2) is 32.5 Å². The summed E-state index contributed by atoms with van der Waals surface area (Å²) in [4.78, 5) is 45.5. The molecule has 7 heteroatoms. The Morgan fingerprint density at radius 2 is 1.68 bits per heavy atom. The number of phenolic OH excluding ortho intramolecular Hbond substituents is 1. The summed E-state index contributed by atoms with van der Waals surface area (Å²) in [5, 5.41) is 10.1. The molecular formula is C31H26N2O5. The maximum absolute atomic E-state index is 13.7. The molecule has 0 radical (unpaired) electrons. The Morgan fingerprint density at radius 3 is 2.39 bits per heavy atom. The number of pyridine rings is 1. The summed E-state index contributed by atoms with van der Waals surface area (Å²) in [6.45, 7) is 2.53. The van der Waals surface area contributed by atoms with Crippen LogP contribution in [-0.2, 0) is 22.7 Å². The Balaban J connectivity index is 1.42. The van der Waals surface area contributed by atoms with Crippen molar-refractivity contribution in [2.24, 2.45) is 5.92 Å². The number of ketones is 2. The number of likely N-dealkylation sites (tertiary alicyclic amines) is 1. The minimum Gasteiger partial charge on any atom is -0.508 e. The third kappa shape index (κ3) is 5.04. The molecule has 2 atom stereocenters. The van der Waals surface area contributed by atoms with E-state index in [0.29, 0.717) is 23.5 Å². The number of aromatic nitrogens is 1. The van der Waals surface area contributed by atoms with Crippen LogP contribution < -0.4 is 4.74 Å². The molecule has 190 valence electrons. The van der Waals surface area contributed by atoms with Gasteiger partial charge in [0.25, 0.3) is 5.91 Å². The van der Waals surface area contributed by atoms with Crippen molar-refractivity contribution in [1.82, 2.24) is 9.88 Å². The van der Waals surface area contributed by atoms with Crippen molar-refractivity contribution < 1.29 is 24.2 Å². The fraction of sp³-hybridized carbons (Fsp3) is 0.161. The monoisotopic (exact) mass is 506 g/mol. The fourth-order valence-corrected chi connectivity index (χ4v) is 4.75. The van der Waals surface area contributed by atoms with E-state index >= 15 is 0 Å². The zero-order valence-electron chi connectivity index (χ0n) is 20.8. The molecule has 0 bridgehead atoms. The highest BCUT2D eigenvalue weighted by atomic mass is 16.5. The zero-order chi connectivity index (χ0) is 26.6. The minimum absolute atomic E-state index is 0.0143. The molecule has 3 aromatic carbocycles. The summed E-state index contributed by atoms with van der Waals surface area (Å²) in [5.41, 5.74) is 3.77. The van der Waals surface area contributed by atoms with E-state index in [4.69, 9.17) is 4.74 Å². The van der Waals surface area contributed by atoms with Crippen LogP contribution in [0, 0.1) is 12.8 Å². The number of rotatable bonds is 8. The highest BCUT2D eigenvalue weighted by Crippen LogP contribution is 2.40. The predicted molar refractivity (Wildman–Crippen MR) is 140 cm³/mol. The SMILES string of the molecule is Cc1ccccc1COc1ccc(C(=O)[C@@H]2C(=O)C(=O)N(Cc3ccncc3)[C@H]2c2cccc(O)c2)cc1. The second kappa shape index (κ2) is 10.7. The summed E-state index contributed by atoms with van der Waals surface area (Å²) < 4.78 is 5.88. The molecule has 4 aromatic rings. The van der Waals surface area contributed by atoms with Gasteiger partial charge >= 0.3 is 0 Å². The standard InChI is InChI=1S/C31H26N2O5/c1-20-5-2-3-6-24(20)19-38-26-11-9-22(10-12-26)29(35)27-28(23-7-4-8-25(34)17-23)33(31(37)30(27)36)18-21-13-15-32-16-14-21/h2-17,27-28,34H,18-19H2,1H3/t27-,28+/m1/s1. The Labute approximate surface area is 220 Å². The Hall–Kier alpha value is -4.78. The molecule has 1 N–H and O–H groups in total. The van der Waals surface area contributed by atoms with Crippen molar-refractivity contribution in [2.75, 3.05) is 0 Å². The highest BCUT2D eigenvalue weighted by molar-refractivity contribution is 6.44. The van der Waals surface area contributed by atoms with Crippen LogP contribution in [0.2, 0.25) is 0 Å². The van der Waals surface area contributed by atoms with Gasteiger partial charge in [-0.25, -0.2) is 0 Å². The third-order valence-corrected chi connectivity index (χ3v) is 6.80. The van der Waals surface area contributed by atoms with Crippen LogP contribution in [0.1, 0.15) is 38.7 Å². The van der Waals surface area contributed by atoms with Crippen LogP contribution in [0.15, 0.2) is 97.3 Å². The molecule has 0 saturated carbocycles. The van der Waals surface area contributed by atoms with E-state index in [2.05, 4.69) is 4.98 Å². The lowest BCUT2D eigenvalue weighted by molar-refractivity contribution is -0.141. The van der Waals surface area contributed by atoms with Crippen molar-refractivity contribution >= 4 is 17.5 Å². The van der Waals surface area contributed by atoms with Crippen LogP contribution in [0.25, 0.3) is 0 Å². The summed E-state index contributed by atoms with van der Waals surface area (Å²) in [6.07, 6.45) is 3.21. The van der Waals surface area contributed by atoms with E-state index < -0.39 is 29.4 Å². The maximum atomic E-state index is 13.7. The molecule has 2 heterocycles. The number of carbonyl (C=O) groups excluding carboxylic acids is 3. The Kier molecular flexibility index (Phi) is 7.00. The summed E-state index contributed by atoms with van der Waals surface area (Å²) in [7, 11) is 0. The van der Waals surface area contributed by atoms with E-state index in [1.807, 2.05) is 31.2 Å². The van der Waals surface area contributed by atoms with E-state index in [1.54, 1.807) is 60.9 Å². The lowest BCUT2D eigenvalue weighted by Gasteiger charge is -2.27. The number of aromatic hydroxyl groups is 1. The molecule has 0 aliphatic carbocycles. The number of Topliss-reactive ketones (excluding diaryl/α,β-unsaturated/α-hetero) is 2. The first-order chi connectivity index (χ1) is 18.4. The quantitative estimate of drug-likeness (QED) is 0.209. The molecule has 1 aliphatic rings. The summed E-state index contributed by atoms with van der Waals surface area (Å²) in [6, 6.07) is 23.5. The average Bonchev–Trinajstić information content (AvgIpc) is 3.18. The number of hydrogen-bond donors (Lipinski definition) is 1. The van der Waals surface area contributed by atoms with Crippen LogP contribution in [0.3, 0.4) is 0 Å². The number of hydrogen-bond acceptors (Lipinski definition) is 6. The number of ether oxygens (including phenoxy) is 1. The first-order valence-electron chi connectivity index (χ1n) is 12.3. The Bertz CT molecular complexity index is 1480. The third-order valence-electron chi connectivity index (χ3n) is 6.80. The van der Waals surface area contributed by atoms with Gasteiger partial charge in [0.15, 0.2) is 5.78 Å². The number of phenols is 1. The fourth-order valence-electron chi connectivity index (χ4n) is 4.75. The highest BCUT2D eigenvalue weighted by Gasteiger charge is 2.51. The van der Waals surface area contributed by atoms with Gasteiger partial charge in [0.1, 0.15) is 24.0 Å². The molecule has 1 saturated heterocycles. The van der Waals surface area contributed by atoms with E-state index in [-0.39, 0.29) is 12.3 Å². The van der Waals surface area contributed by atoms with Gasteiger partial charge in [-0.2, -0.15) is 0 Å². The predicted octanol–water partition coefficient (Wildman–Crippen LogP) is 4.83. The lowest BCUT2D eigenvalue weighted by Crippen LogP contribution is -2.30. The molecule has 1 aliphatic heterocycles. The molecule has 7 nitrogen and oxygen atoms in total. The molecule has 1 fully saturated rings. The summed E-state index contributed by atoms with van der Waals surface area (Å²) >= 11 is 0. The molecule has 1 aromatic heterocycles. The van der Waals surface area contributed by atoms with E-state index in [1.165, 1.54) is 17.0 Å². The first kappa shape index (κ1) is 24.9. The van der Waals surface area contributed by atoms with Gasteiger partial charge in [-0.3, -0.25) is 19.4 Å². The topological polar surface area (TPSA) is 96.8 Å². The second-order valence-corrected chi connectivity index (χ2v) is 9.27. The maximum Gasteiger partial charge on any atom is 0.291 e. The Morgan fingerprint density at radius 1 is 0.947 bits per heavy atom. The van der Waals surface area contributed by atoms with E-state index in [0.717, 1.165) is 16.7 Å².